The topological polar surface area (TPSA) is 54.0 Å². The molecule has 3 rings (SSSR count). The highest BCUT2D eigenvalue weighted by Gasteiger charge is 2.14. The van der Waals surface area contributed by atoms with E-state index < -0.39 is 0 Å². The number of hydrogen-bond donors (Lipinski definition) is 2. The van der Waals surface area contributed by atoms with Crippen LogP contribution in [0.2, 0.25) is 0 Å². The van der Waals surface area contributed by atoms with Gasteiger partial charge in [0.15, 0.2) is 0 Å². The van der Waals surface area contributed by atoms with Gasteiger partial charge in [-0.1, -0.05) is 31.0 Å². The fraction of sp³-hybridized carbons (Fsp3) is 0.412. The summed E-state index contributed by atoms with van der Waals surface area (Å²) in [5.41, 5.74) is 1.64. The Kier molecular flexibility index (Phi) is 4.46. The lowest BCUT2D eigenvalue weighted by atomic mass is 10.2. The van der Waals surface area contributed by atoms with E-state index in [-0.39, 0.29) is 5.91 Å². The highest BCUT2D eigenvalue weighted by atomic mass is 16.1. The molecule has 1 aromatic carbocycles. The summed E-state index contributed by atoms with van der Waals surface area (Å²) in [6.07, 6.45) is 7.36. The maximum Gasteiger partial charge on any atom is 0.225 e. The lowest BCUT2D eigenvalue weighted by Gasteiger charge is -2.12. The third kappa shape index (κ3) is 3.58. The van der Waals surface area contributed by atoms with Crippen LogP contribution >= 0.6 is 0 Å². The largest absolute Gasteiger partial charge is 0.324 e. The molecular formula is C17H21N3O. The fourth-order valence-corrected chi connectivity index (χ4v) is 2.94. The molecule has 0 radical (unpaired) electrons. The number of anilines is 1. The smallest absolute Gasteiger partial charge is 0.225 e. The van der Waals surface area contributed by atoms with E-state index in [1.165, 1.54) is 25.7 Å². The van der Waals surface area contributed by atoms with E-state index in [1.54, 1.807) is 6.20 Å². The molecule has 1 fully saturated rings. The van der Waals surface area contributed by atoms with Crippen molar-refractivity contribution in [2.45, 2.75) is 38.1 Å². The minimum atomic E-state index is 0.0404. The predicted molar refractivity (Wildman–Crippen MR) is 85.2 cm³/mol. The van der Waals surface area contributed by atoms with Crippen LogP contribution in [-0.2, 0) is 4.79 Å². The van der Waals surface area contributed by atoms with Gasteiger partial charge >= 0.3 is 0 Å². The number of fused-ring (bicyclic) bond motifs is 1. The van der Waals surface area contributed by atoms with E-state index >= 15 is 0 Å². The second-order valence-electron chi connectivity index (χ2n) is 5.61. The molecule has 21 heavy (non-hydrogen) atoms. The van der Waals surface area contributed by atoms with Crippen molar-refractivity contribution in [3.63, 3.8) is 0 Å². The second-order valence-corrected chi connectivity index (χ2v) is 5.61. The number of para-hydroxylation sites is 1. The van der Waals surface area contributed by atoms with E-state index in [1.807, 2.05) is 30.3 Å². The van der Waals surface area contributed by atoms with Crippen molar-refractivity contribution in [1.29, 1.82) is 0 Å². The number of amides is 1. The van der Waals surface area contributed by atoms with Gasteiger partial charge in [-0.2, -0.15) is 0 Å². The normalized spacial score (nSPS) is 15.4. The van der Waals surface area contributed by atoms with E-state index in [0.29, 0.717) is 12.5 Å². The molecule has 0 bridgehead atoms. The molecule has 110 valence electrons. The van der Waals surface area contributed by atoms with Gasteiger partial charge in [0, 0.05) is 30.6 Å². The molecule has 2 N–H and O–H groups in total. The van der Waals surface area contributed by atoms with Crippen molar-refractivity contribution >= 4 is 22.5 Å². The number of hydrogen-bond acceptors (Lipinski definition) is 3. The molecule has 1 aromatic heterocycles. The molecular weight excluding hydrogens is 262 g/mol. The number of benzene rings is 1. The predicted octanol–water partition coefficient (Wildman–Crippen LogP) is 3.10. The summed E-state index contributed by atoms with van der Waals surface area (Å²) >= 11 is 0. The van der Waals surface area contributed by atoms with Crippen LogP contribution in [-0.4, -0.2) is 23.5 Å². The van der Waals surface area contributed by atoms with E-state index in [0.717, 1.165) is 23.1 Å². The Bertz CT molecular complexity index is 615. The van der Waals surface area contributed by atoms with Crippen molar-refractivity contribution in [3.8, 4) is 0 Å². The third-order valence-corrected chi connectivity index (χ3v) is 4.05. The van der Waals surface area contributed by atoms with Crippen molar-refractivity contribution in [2.75, 3.05) is 11.9 Å². The van der Waals surface area contributed by atoms with Crippen molar-refractivity contribution in [3.05, 3.63) is 36.5 Å². The molecule has 1 amide bonds. The van der Waals surface area contributed by atoms with Crippen LogP contribution < -0.4 is 10.6 Å². The number of aromatic nitrogens is 1. The van der Waals surface area contributed by atoms with Gasteiger partial charge in [-0.15, -0.1) is 0 Å². The van der Waals surface area contributed by atoms with Crippen LogP contribution in [0.4, 0.5) is 5.69 Å². The summed E-state index contributed by atoms with van der Waals surface area (Å²) in [6.45, 7) is 0.745. The molecule has 1 aliphatic rings. The number of pyridine rings is 1. The molecule has 1 aliphatic carbocycles. The lowest BCUT2D eigenvalue weighted by molar-refractivity contribution is -0.116. The highest BCUT2D eigenvalue weighted by molar-refractivity contribution is 6.00. The van der Waals surface area contributed by atoms with Crippen molar-refractivity contribution in [1.82, 2.24) is 10.3 Å². The third-order valence-electron chi connectivity index (χ3n) is 4.05. The number of rotatable bonds is 5. The first-order chi connectivity index (χ1) is 10.3. The van der Waals surface area contributed by atoms with Gasteiger partial charge in [-0.25, -0.2) is 0 Å². The summed E-state index contributed by atoms with van der Waals surface area (Å²) < 4.78 is 0. The lowest BCUT2D eigenvalue weighted by Crippen LogP contribution is -2.29. The Labute approximate surface area is 125 Å². The Morgan fingerprint density at radius 2 is 2.00 bits per heavy atom. The molecule has 0 aliphatic heterocycles. The summed E-state index contributed by atoms with van der Waals surface area (Å²) in [7, 11) is 0. The summed E-state index contributed by atoms with van der Waals surface area (Å²) in [5.74, 6) is 0.0404. The Balaban J connectivity index is 1.56. The first kappa shape index (κ1) is 14.0. The zero-order valence-corrected chi connectivity index (χ0v) is 12.1. The summed E-state index contributed by atoms with van der Waals surface area (Å²) in [6, 6.07) is 10.4. The van der Waals surface area contributed by atoms with E-state index in [9.17, 15) is 4.79 Å². The maximum absolute atomic E-state index is 12.1. The molecule has 0 spiro atoms. The number of carbonyl (C=O) groups is 1. The molecule has 4 heteroatoms. The van der Waals surface area contributed by atoms with E-state index in [2.05, 4.69) is 15.6 Å². The van der Waals surface area contributed by atoms with E-state index in [4.69, 9.17) is 0 Å². The second kappa shape index (κ2) is 6.68. The van der Waals surface area contributed by atoms with Crippen LogP contribution in [0.1, 0.15) is 32.1 Å². The van der Waals surface area contributed by atoms with Crippen LogP contribution in [0.15, 0.2) is 36.5 Å². The Morgan fingerprint density at radius 3 is 2.86 bits per heavy atom. The van der Waals surface area contributed by atoms with Gasteiger partial charge in [0.05, 0.1) is 11.2 Å². The molecule has 4 nitrogen and oxygen atoms in total. The fourth-order valence-electron chi connectivity index (χ4n) is 2.94. The molecule has 1 heterocycles. The molecule has 1 saturated carbocycles. The molecule has 0 atom stereocenters. The molecule has 2 aromatic rings. The van der Waals surface area contributed by atoms with Gasteiger partial charge < -0.3 is 10.6 Å². The zero-order chi connectivity index (χ0) is 14.5. The quantitative estimate of drug-likeness (QED) is 0.886. The zero-order valence-electron chi connectivity index (χ0n) is 12.1. The number of carbonyl (C=O) groups excluding carboxylic acids is 1. The Hall–Kier alpha value is -1.94. The van der Waals surface area contributed by atoms with Crippen LogP contribution in [0.3, 0.4) is 0 Å². The minimum Gasteiger partial charge on any atom is -0.324 e. The average molecular weight is 283 g/mol. The number of nitrogens with one attached hydrogen (secondary N) is 2. The van der Waals surface area contributed by atoms with Crippen LogP contribution in [0.5, 0.6) is 0 Å². The minimum absolute atomic E-state index is 0.0404. The van der Waals surface area contributed by atoms with Gasteiger partial charge in [-0.05, 0) is 25.0 Å². The first-order valence-electron chi connectivity index (χ1n) is 7.70. The Morgan fingerprint density at radius 1 is 1.19 bits per heavy atom. The first-order valence-corrected chi connectivity index (χ1v) is 7.70. The van der Waals surface area contributed by atoms with Gasteiger partial charge in [0.1, 0.15) is 0 Å². The standard InChI is InChI=1S/C17H21N3O/c21-16(10-12-18-14-7-1-2-8-14)20-15-9-3-5-13-6-4-11-19-17(13)15/h3-6,9,11,14,18H,1-2,7-8,10,12H2,(H,20,21). The maximum atomic E-state index is 12.1. The number of nitrogens with zero attached hydrogens (tertiary/aromatic N) is 1. The SMILES string of the molecule is O=C(CCNC1CCCC1)Nc1cccc2cccnc12. The van der Waals surface area contributed by atoms with Crippen LogP contribution in [0.25, 0.3) is 10.9 Å². The monoisotopic (exact) mass is 283 g/mol. The summed E-state index contributed by atoms with van der Waals surface area (Å²) in [4.78, 5) is 16.4. The van der Waals surface area contributed by atoms with Gasteiger partial charge in [0.25, 0.3) is 0 Å². The van der Waals surface area contributed by atoms with Gasteiger partial charge in [-0.3, -0.25) is 9.78 Å². The van der Waals surface area contributed by atoms with Crippen molar-refractivity contribution in [2.24, 2.45) is 0 Å². The molecule has 0 unspecified atom stereocenters. The highest BCUT2D eigenvalue weighted by Crippen LogP contribution is 2.21. The molecule has 0 saturated heterocycles. The van der Waals surface area contributed by atoms with Crippen LogP contribution in [0, 0.1) is 0 Å². The van der Waals surface area contributed by atoms with Gasteiger partial charge in [0.2, 0.25) is 5.91 Å². The summed E-state index contributed by atoms with van der Waals surface area (Å²) in [5, 5.41) is 7.47. The van der Waals surface area contributed by atoms with Crippen molar-refractivity contribution < 1.29 is 4.79 Å². The average Bonchev–Trinajstić information content (AvgIpc) is 3.01.